The molecule has 0 bridgehead atoms. The minimum absolute atomic E-state index is 1.21. The molecule has 0 saturated heterocycles. The third-order valence-electron chi connectivity index (χ3n) is 1.19. The molecule has 1 radical (unpaired) electrons. The lowest BCUT2D eigenvalue weighted by molar-refractivity contribution is -0.475. The third kappa shape index (κ3) is 1.33. The predicted molar refractivity (Wildman–Crippen MR) is 37.6 cm³/mol. The minimum atomic E-state index is -1.31. The first-order valence-electron chi connectivity index (χ1n) is 2.91. The van der Waals surface area contributed by atoms with E-state index in [0.717, 1.165) is 0 Å². The summed E-state index contributed by atoms with van der Waals surface area (Å²) in [5.74, 6) is -2.47. The van der Waals surface area contributed by atoms with Gasteiger partial charge in [-0.15, -0.1) is 0 Å². The van der Waals surface area contributed by atoms with Gasteiger partial charge in [-0.2, -0.15) is 0 Å². The Labute approximate surface area is 74.1 Å². The number of nitro groups is 3. The lowest BCUT2D eigenvalue weighted by atomic mass is 10.4. The quantitative estimate of drug-likeness (QED) is 0.409. The highest BCUT2D eigenvalue weighted by atomic mass is 16.7. The van der Waals surface area contributed by atoms with Crippen molar-refractivity contribution in [3.8, 4) is 0 Å². The molecule has 0 spiro atoms. The van der Waals surface area contributed by atoms with Crippen molar-refractivity contribution in [3.05, 3.63) is 41.9 Å². The number of amidine groups is 1. The Morgan fingerprint density at radius 1 is 0.929 bits per heavy atom. The molecular formula is C3N5O6. The Kier molecular flexibility index (Phi) is 2.06. The van der Waals surface area contributed by atoms with Gasteiger partial charge in [-0.25, -0.2) is 0 Å². The van der Waals surface area contributed by atoms with Crippen molar-refractivity contribution in [2.75, 3.05) is 0 Å². The SMILES string of the molecule is O=[N+]([O-])C1=N[N]C([N+](=O)[O-])=C1[N+](=O)[O-]. The lowest BCUT2D eigenvalue weighted by Gasteiger charge is -1.89. The van der Waals surface area contributed by atoms with Crippen LogP contribution in [-0.2, 0) is 0 Å². The van der Waals surface area contributed by atoms with Crippen molar-refractivity contribution in [1.29, 1.82) is 0 Å². The molecule has 1 rings (SSSR count). The second-order valence-corrected chi connectivity index (χ2v) is 1.97. The van der Waals surface area contributed by atoms with Gasteiger partial charge in [-0.3, -0.25) is 10.1 Å². The second kappa shape index (κ2) is 3.04. The van der Waals surface area contributed by atoms with Gasteiger partial charge in [0.15, 0.2) is 0 Å². The van der Waals surface area contributed by atoms with Gasteiger partial charge < -0.3 is 20.2 Å². The van der Waals surface area contributed by atoms with Crippen molar-refractivity contribution in [2.24, 2.45) is 5.10 Å². The highest BCUT2D eigenvalue weighted by Crippen LogP contribution is 2.14. The first-order valence-corrected chi connectivity index (χ1v) is 2.91. The molecule has 14 heavy (non-hydrogen) atoms. The van der Waals surface area contributed by atoms with Gasteiger partial charge >= 0.3 is 17.4 Å². The minimum Gasteiger partial charge on any atom is -0.358 e. The zero-order valence-electron chi connectivity index (χ0n) is 6.19. The van der Waals surface area contributed by atoms with Gasteiger partial charge in [0.2, 0.25) is 10.5 Å². The summed E-state index contributed by atoms with van der Waals surface area (Å²) in [5.41, 5.74) is 1.42. The van der Waals surface area contributed by atoms with Gasteiger partial charge in [0.1, 0.15) is 0 Å². The van der Waals surface area contributed by atoms with Crippen LogP contribution < -0.4 is 5.43 Å². The zero-order valence-corrected chi connectivity index (χ0v) is 6.19. The molecule has 0 aromatic heterocycles. The fourth-order valence-electron chi connectivity index (χ4n) is 0.699. The number of rotatable bonds is 2. The van der Waals surface area contributed by atoms with Gasteiger partial charge in [-0.1, -0.05) is 0 Å². The number of hydrogen-bond donors (Lipinski definition) is 0. The standard InChI is InChI=1S/C3N5O6/c9-6(10)1-2(7(11)12)4-5-3(1)8(13)14. The van der Waals surface area contributed by atoms with E-state index in [1.807, 2.05) is 0 Å². The molecule has 0 aromatic carbocycles. The van der Waals surface area contributed by atoms with Gasteiger partial charge in [0.05, 0.1) is 4.92 Å². The molecule has 0 fully saturated rings. The fourth-order valence-corrected chi connectivity index (χ4v) is 0.699. The van der Waals surface area contributed by atoms with Crippen LogP contribution in [0.25, 0.3) is 0 Å². The van der Waals surface area contributed by atoms with E-state index in [9.17, 15) is 30.3 Å². The maximum atomic E-state index is 10.2. The van der Waals surface area contributed by atoms with Crippen LogP contribution in [-0.4, -0.2) is 20.6 Å². The van der Waals surface area contributed by atoms with E-state index in [2.05, 4.69) is 10.5 Å². The van der Waals surface area contributed by atoms with Crippen LogP contribution in [0.4, 0.5) is 0 Å². The lowest BCUT2D eigenvalue weighted by Crippen LogP contribution is -2.20. The van der Waals surface area contributed by atoms with Gasteiger partial charge in [0.25, 0.3) is 0 Å². The smallest absolute Gasteiger partial charge is 0.358 e. The Morgan fingerprint density at radius 2 is 1.50 bits per heavy atom. The first kappa shape index (κ1) is 9.50. The summed E-state index contributed by atoms with van der Waals surface area (Å²) >= 11 is 0. The summed E-state index contributed by atoms with van der Waals surface area (Å²) in [7, 11) is 0. The van der Waals surface area contributed by atoms with Crippen LogP contribution in [0.3, 0.4) is 0 Å². The molecule has 11 nitrogen and oxygen atoms in total. The predicted octanol–water partition coefficient (Wildman–Crippen LogP) is -1.08. The molecule has 0 saturated carbocycles. The average Bonchev–Trinajstić information content (AvgIpc) is 2.46. The molecule has 1 heterocycles. The normalized spacial score (nSPS) is 14.7. The topological polar surface area (TPSA) is 156 Å². The van der Waals surface area contributed by atoms with Crippen molar-refractivity contribution >= 4 is 5.84 Å². The second-order valence-electron chi connectivity index (χ2n) is 1.97. The Morgan fingerprint density at radius 3 is 1.86 bits per heavy atom. The largest absolute Gasteiger partial charge is 0.503 e. The van der Waals surface area contributed by atoms with Crippen LogP contribution in [0.15, 0.2) is 16.6 Å². The van der Waals surface area contributed by atoms with Crippen molar-refractivity contribution in [1.82, 2.24) is 5.43 Å². The van der Waals surface area contributed by atoms with E-state index in [1.165, 1.54) is 0 Å². The summed E-state index contributed by atoms with van der Waals surface area (Å²) in [5, 5.41) is 33.2. The summed E-state index contributed by atoms with van der Waals surface area (Å²) in [4.78, 5) is 26.8. The maximum Gasteiger partial charge on any atom is 0.503 e. The Balaban J connectivity index is 3.24. The van der Waals surface area contributed by atoms with Crippen molar-refractivity contribution in [2.45, 2.75) is 0 Å². The summed E-state index contributed by atoms with van der Waals surface area (Å²) < 4.78 is 0. The number of nitrogens with zero attached hydrogens (tertiary/aromatic N) is 5. The van der Waals surface area contributed by atoms with Crippen LogP contribution in [0, 0.1) is 30.3 Å². The molecule has 0 aromatic rings. The highest BCUT2D eigenvalue weighted by molar-refractivity contribution is 5.91. The van der Waals surface area contributed by atoms with Gasteiger partial charge in [0, 0.05) is 0 Å². The van der Waals surface area contributed by atoms with Crippen LogP contribution in [0.1, 0.15) is 0 Å². The summed E-state index contributed by atoms with van der Waals surface area (Å²) in [6, 6.07) is 0. The first-order chi connectivity index (χ1) is 6.45. The molecular weight excluding hydrogens is 202 g/mol. The van der Waals surface area contributed by atoms with E-state index in [0.29, 0.717) is 0 Å². The molecule has 0 aliphatic carbocycles. The van der Waals surface area contributed by atoms with Crippen LogP contribution >= 0.6 is 0 Å². The van der Waals surface area contributed by atoms with E-state index in [4.69, 9.17) is 0 Å². The Hall–Kier alpha value is -2.59. The zero-order chi connectivity index (χ0) is 10.9. The average molecular weight is 202 g/mol. The molecule has 11 heteroatoms. The van der Waals surface area contributed by atoms with E-state index in [1.54, 1.807) is 0 Å². The Bertz CT molecular complexity index is 394. The molecule has 0 atom stereocenters. The summed E-state index contributed by atoms with van der Waals surface area (Å²) in [6.07, 6.45) is 0. The van der Waals surface area contributed by atoms with E-state index < -0.39 is 32.1 Å². The highest BCUT2D eigenvalue weighted by Gasteiger charge is 2.53. The van der Waals surface area contributed by atoms with Crippen molar-refractivity contribution in [3.63, 3.8) is 0 Å². The van der Waals surface area contributed by atoms with Crippen LogP contribution in [0.5, 0.6) is 0 Å². The molecule has 1 aliphatic heterocycles. The van der Waals surface area contributed by atoms with Crippen molar-refractivity contribution < 1.29 is 14.8 Å². The molecule has 73 valence electrons. The van der Waals surface area contributed by atoms with E-state index in [-0.39, 0.29) is 0 Å². The van der Waals surface area contributed by atoms with Crippen LogP contribution in [0.2, 0.25) is 0 Å². The van der Waals surface area contributed by atoms with Gasteiger partial charge in [-0.05, 0) is 9.85 Å². The fraction of sp³-hybridized carbons (Fsp3) is 0. The molecule has 1 aliphatic rings. The third-order valence-corrected chi connectivity index (χ3v) is 1.19. The maximum absolute atomic E-state index is 10.2. The molecule has 0 amide bonds. The monoisotopic (exact) mass is 202 g/mol. The molecule has 0 unspecified atom stereocenters. The summed E-state index contributed by atoms with van der Waals surface area (Å²) in [6.45, 7) is 0. The molecule has 0 N–H and O–H groups in total. The number of hydrogen-bond acceptors (Lipinski definition) is 7. The van der Waals surface area contributed by atoms with E-state index >= 15 is 0 Å².